The van der Waals surface area contributed by atoms with Crippen molar-refractivity contribution in [1.29, 1.82) is 5.26 Å². The lowest BCUT2D eigenvalue weighted by Gasteiger charge is -2.27. The van der Waals surface area contributed by atoms with Crippen molar-refractivity contribution in [3.05, 3.63) is 71.0 Å². The minimum Gasteiger partial charge on any atom is -0.460 e. The highest BCUT2D eigenvalue weighted by Gasteiger charge is 2.45. The van der Waals surface area contributed by atoms with Crippen LogP contribution in [-0.2, 0) is 21.6 Å². The Morgan fingerprint density at radius 2 is 1.79 bits per heavy atom. The molecule has 0 aromatic heterocycles. The summed E-state index contributed by atoms with van der Waals surface area (Å²) in [5.74, 6) is -0.718. The lowest BCUT2D eigenvalue weighted by Crippen LogP contribution is -2.35. The van der Waals surface area contributed by atoms with Gasteiger partial charge < -0.3 is 4.74 Å². The normalized spacial score (nSPS) is 15.7. The van der Waals surface area contributed by atoms with E-state index in [1.54, 1.807) is 42.5 Å². The number of carbonyl (C=O) groups is 1. The number of hydrogen-bond donors (Lipinski definition) is 0. The Hall–Kier alpha value is -2.67. The SMILES string of the molecule is N#Cc1ccc(COC(=O)C2(c3ccccc3F)CCCC2)cc1. The predicted octanol–water partition coefficient (Wildman–Crippen LogP) is 4.25. The van der Waals surface area contributed by atoms with Gasteiger partial charge in [-0.2, -0.15) is 5.26 Å². The second-order valence-corrected chi connectivity index (χ2v) is 6.15. The van der Waals surface area contributed by atoms with Crippen molar-refractivity contribution in [3.63, 3.8) is 0 Å². The molecule has 0 amide bonds. The second kappa shape index (κ2) is 6.84. The van der Waals surface area contributed by atoms with Crippen LogP contribution in [0, 0.1) is 17.1 Å². The molecule has 0 atom stereocenters. The Morgan fingerprint density at radius 1 is 1.12 bits per heavy atom. The lowest BCUT2D eigenvalue weighted by molar-refractivity contribution is -0.152. The number of halogens is 1. The molecule has 0 N–H and O–H groups in total. The van der Waals surface area contributed by atoms with E-state index in [0.717, 1.165) is 18.4 Å². The third-order valence-corrected chi connectivity index (χ3v) is 4.69. The molecular formula is C20H18FNO2. The van der Waals surface area contributed by atoms with Gasteiger partial charge in [0.15, 0.2) is 0 Å². The fourth-order valence-electron chi connectivity index (χ4n) is 3.37. The van der Waals surface area contributed by atoms with E-state index in [-0.39, 0.29) is 18.4 Å². The molecule has 0 radical (unpaired) electrons. The number of benzene rings is 2. The maximum atomic E-state index is 14.3. The Kier molecular flexibility index (Phi) is 4.61. The molecule has 1 fully saturated rings. The first-order chi connectivity index (χ1) is 11.7. The highest BCUT2D eigenvalue weighted by Crippen LogP contribution is 2.43. The third-order valence-electron chi connectivity index (χ3n) is 4.69. The van der Waals surface area contributed by atoms with Gasteiger partial charge >= 0.3 is 5.97 Å². The average Bonchev–Trinajstić information content (AvgIpc) is 3.11. The highest BCUT2D eigenvalue weighted by molar-refractivity contribution is 5.83. The summed E-state index contributed by atoms with van der Waals surface area (Å²) in [4.78, 5) is 12.8. The maximum absolute atomic E-state index is 14.3. The van der Waals surface area contributed by atoms with Gasteiger partial charge in [0.05, 0.1) is 17.0 Å². The van der Waals surface area contributed by atoms with Crippen molar-refractivity contribution in [3.8, 4) is 6.07 Å². The minimum absolute atomic E-state index is 0.126. The van der Waals surface area contributed by atoms with Crippen LogP contribution >= 0.6 is 0 Å². The first-order valence-electron chi connectivity index (χ1n) is 8.07. The summed E-state index contributed by atoms with van der Waals surface area (Å²) >= 11 is 0. The van der Waals surface area contributed by atoms with Crippen LogP contribution in [0.5, 0.6) is 0 Å². The van der Waals surface area contributed by atoms with E-state index in [2.05, 4.69) is 0 Å². The minimum atomic E-state index is -0.877. The van der Waals surface area contributed by atoms with Crippen molar-refractivity contribution >= 4 is 5.97 Å². The first kappa shape index (κ1) is 16.2. The van der Waals surface area contributed by atoms with Gasteiger partial charge in [-0.15, -0.1) is 0 Å². The van der Waals surface area contributed by atoms with Gasteiger partial charge in [0.25, 0.3) is 0 Å². The maximum Gasteiger partial charge on any atom is 0.317 e. The summed E-state index contributed by atoms with van der Waals surface area (Å²) in [6.07, 6.45) is 3.00. The molecule has 3 nitrogen and oxygen atoms in total. The second-order valence-electron chi connectivity index (χ2n) is 6.15. The number of nitriles is 1. The molecule has 1 aliphatic carbocycles. The van der Waals surface area contributed by atoms with Crippen molar-refractivity contribution in [2.75, 3.05) is 0 Å². The summed E-state index contributed by atoms with van der Waals surface area (Å²) in [6.45, 7) is 0.126. The fraction of sp³-hybridized carbons (Fsp3) is 0.300. The quantitative estimate of drug-likeness (QED) is 0.790. The molecule has 0 bridgehead atoms. The number of ether oxygens (including phenoxy) is 1. The number of esters is 1. The Labute approximate surface area is 140 Å². The van der Waals surface area contributed by atoms with Crippen LogP contribution in [0.2, 0.25) is 0 Å². The van der Waals surface area contributed by atoms with E-state index in [1.165, 1.54) is 6.07 Å². The molecule has 0 saturated heterocycles. The van der Waals surface area contributed by atoms with E-state index in [4.69, 9.17) is 10.00 Å². The summed E-state index contributed by atoms with van der Waals surface area (Å²) in [6, 6.07) is 15.4. The number of carbonyl (C=O) groups excluding carboxylic acids is 1. The highest BCUT2D eigenvalue weighted by atomic mass is 19.1. The van der Waals surface area contributed by atoms with Gasteiger partial charge in [-0.3, -0.25) is 4.79 Å². The molecule has 0 spiro atoms. The average molecular weight is 323 g/mol. The van der Waals surface area contributed by atoms with Crippen molar-refractivity contribution in [1.82, 2.24) is 0 Å². The van der Waals surface area contributed by atoms with Crippen molar-refractivity contribution in [2.24, 2.45) is 0 Å². The predicted molar refractivity (Wildman–Crippen MR) is 87.5 cm³/mol. The first-order valence-corrected chi connectivity index (χ1v) is 8.07. The summed E-state index contributed by atoms with van der Waals surface area (Å²) in [7, 11) is 0. The van der Waals surface area contributed by atoms with Gasteiger partial charge in [0.1, 0.15) is 12.4 Å². The van der Waals surface area contributed by atoms with E-state index in [0.29, 0.717) is 24.0 Å². The summed E-state index contributed by atoms with van der Waals surface area (Å²) in [5.41, 5.74) is 0.929. The third kappa shape index (κ3) is 3.03. The number of nitrogens with zero attached hydrogens (tertiary/aromatic N) is 1. The molecule has 1 aliphatic rings. The largest absolute Gasteiger partial charge is 0.460 e. The monoisotopic (exact) mass is 323 g/mol. The topological polar surface area (TPSA) is 50.1 Å². The fourth-order valence-corrected chi connectivity index (χ4v) is 3.37. The van der Waals surface area contributed by atoms with Crippen LogP contribution in [0.1, 0.15) is 42.4 Å². The van der Waals surface area contributed by atoms with Gasteiger partial charge in [-0.05, 0) is 36.6 Å². The van der Waals surface area contributed by atoms with Crippen LogP contribution in [0.3, 0.4) is 0 Å². The van der Waals surface area contributed by atoms with Gasteiger partial charge in [0.2, 0.25) is 0 Å². The molecule has 0 aliphatic heterocycles. The number of hydrogen-bond acceptors (Lipinski definition) is 3. The molecule has 4 heteroatoms. The van der Waals surface area contributed by atoms with Crippen molar-refractivity contribution < 1.29 is 13.9 Å². The molecule has 122 valence electrons. The van der Waals surface area contributed by atoms with Crippen LogP contribution in [0.25, 0.3) is 0 Å². The molecule has 1 saturated carbocycles. The molecule has 2 aromatic rings. The zero-order valence-electron chi connectivity index (χ0n) is 13.3. The molecule has 0 heterocycles. The van der Waals surface area contributed by atoms with Gasteiger partial charge in [-0.25, -0.2) is 4.39 Å². The standard InChI is InChI=1S/C20H18FNO2/c21-18-6-2-1-5-17(18)20(11-3-4-12-20)19(23)24-14-16-9-7-15(13-22)8-10-16/h1-2,5-10H,3-4,11-12,14H2. The van der Waals surface area contributed by atoms with Crippen LogP contribution < -0.4 is 0 Å². The zero-order chi connectivity index (χ0) is 17.0. The summed E-state index contributed by atoms with van der Waals surface area (Å²) < 4.78 is 19.8. The zero-order valence-corrected chi connectivity index (χ0v) is 13.3. The Bertz CT molecular complexity index is 771. The van der Waals surface area contributed by atoms with E-state index in [1.807, 2.05) is 6.07 Å². The molecular weight excluding hydrogens is 305 g/mol. The van der Waals surface area contributed by atoms with Crippen LogP contribution in [0.4, 0.5) is 4.39 Å². The Balaban J connectivity index is 1.78. The van der Waals surface area contributed by atoms with Gasteiger partial charge in [0, 0.05) is 5.56 Å². The molecule has 3 rings (SSSR count). The molecule has 2 aromatic carbocycles. The Morgan fingerprint density at radius 3 is 2.42 bits per heavy atom. The van der Waals surface area contributed by atoms with Crippen LogP contribution in [-0.4, -0.2) is 5.97 Å². The lowest BCUT2D eigenvalue weighted by atomic mass is 9.78. The van der Waals surface area contributed by atoms with Crippen LogP contribution in [0.15, 0.2) is 48.5 Å². The number of rotatable bonds is 4. The van der Waals surface area contributed by atoms with Crippen molar-refractivity contribution in [2.45, 2.75) is 37.7 Å². The van der Waals surface area contributed by atoms with E-state index >= 15 is 0 Å². The smallest absolute Gasteiger partial charge is 0.317 e. The molecule has 24 heavy (non-hydrogen) atoms. The van der Waals surface area contributed by atoms with Gasteiger partial charge in [-0.1, -0.05) is 43.2 Å². The van der Waals surface area contributed by atoms with E-state index in [9.17, 15) is 9.18 Å². The van der Waals surface area contributed by atoms with E-state index < -0.39 is 5.41 Å². The molecule has 0 unspecified atom stereocenters. The summed E-state index contributed by atoms with van der Waals surface area (Å²) in [5, 5.41) is 8.81.